The van der Waals surface area contributed by atoms with Gasteiger partial charge in [0.15, 0.2) is 0 Å². The number of benzene rings is 3. The third-order valence-electron chi connectivity index (χ3n) is 3.76. The molecule has 0 aliphatic rings. The summed E-state index contributed by atoms with van der Waals surface area (Å²) in [6.07, 6.45) is 0. The van der Waals surface area contributed by atoms with Gasteiger partial charge in [-0.2, -0.15) is 0 Å². The average molecular weight is 465 g/mol. The SMILES string of the molecule is Cc1ccc([O][SnH]([O]c2ccc(C)cc2)[O]c2ccc(C)cc2)cc1.[NaH]. The second kappa shape index (κ2) is 10.3. The fourth-order valence-corrected chi connectivity index (χ4v) is 5.92. The molecule has 26 heavy (non-hydrogen) atoms. The van der Waals surface area contributed by atoms with Crippen molar-refractivity contribution in [3.8, 4) is 17.2 Å². The van der Waals surface area contributed by atoms with E-state index in [4.69, 9.17) is 9.22 Å². The van der Waals surface area contributed by atoms with Crippen LogP contribution in [-0.2, 0) is 0 Å². The number of hydrogen-bond donors (Lipinski definition) is 0. The summed E-state index contributed by atoms with van der Waals surface area (Å²) in [5, 5.41) is 0. The molecule has 0 spiro atoms. The number of hydrogen-bond acceptors (Lipinski definition) is 3. The second-order valence-electron chi connectivity index (χ2n) is 6.08. The number of rotatable bonds is 6. The van der Waals surface area contributed by atoms with Gasteiger partial charge in [0.2, 0.25) is 0 Å². The normalized spacial score (nSPS) is 10.2. The van der Waals surface area contributed by atoms with E-state index in [-0.39, 0.29) is 29.6 Å². The molecule has 3 nitrogen and oxygen atoms in total. The predicted octanol–water partition coefficient (Wildman–Crippen LogP) is 4.22. The Hall–Kier alpha value is -1.14. The third-order valence-corrected chi connectivity index (χ3v) is 7.74. The van der Waals surface area contributed by atoms with E-state index in [1.54, 1.807) is 0 Å². The van der Waals surface area contributed by atoms with Gasteiger partial charge in [0, 0.05) is 0 Å². The Morgan fingerprint density at radius 3 is 0.923 bits per heavy atom. The molecule has 0 aromatic heterocycles. The predicted molar refractivity (Wildman–Crippen MR) is 110 cm³/mol. The maximum absolute atomic E-state index is 6.10. The van der Waals surface area contributed by atoms with Crippen molar-refractivity contribution < 1.29 is 9.22 Å². The van der Waals surface area contributed by atoms with Gasteiger partial charge in [0.25, 0.3) is 0 Å². The van der Waals surface area contributed by atoms with Crippen LogP contribution in [-0.4, -0.2) is 50.6 Å². The molecule has 5 heteroatoms. The van der Waals surface area contributed by atoms with Crippen molar-refractivity contribution in [1.29, 1.82) is 0 Å². The van der Waals surface area contributed by atoms with Crippen LogP contribution in [0.15, 0.2) is 72.8 Å². The molecule has 0 unspecified atom stereocenters. The van der Waals surface area contributed by atoms with Gasteiger partial charge in [-0.05, 0) is 0 Å². The Balaban J connectivity index is 0.00000243. The molecule has 0 N–H and O–H groups in total. The minimum absolute atomic E-state index is 0. The monoisotopic (exact) mass is 466 g/mol. The molecule has 0 bridgehead atoms. The molecule has 3 aromatic rings. The van der Waals surface area contributed by atoms with E-state index in [0.29, 0.717) is 0 Å². The molecule has 0 saturated carbocycles. The summed E-state index contributed by atoms with van der Waals surface area (Å²) in [7, 11) is 0. The Kier molecular flexibility index (Phi) is 8.35. The van der Waals surface area contributed by atoms with Gasteiger partial charge in [-0.1, -0.05) is 0 Å². The summed E-state index contributed by atoms with van der Waals surface area (Å²) in [5.41, 5.74) is 3.58. The molecular weight excluding hydrogens is 442 g/mol. The molecule has 3 rings (SSSR count). The van der Waals surface area contributed by atoms with Crippen molar-refractivity contribution in [3.05, 3.63) is 89.5 Å². The fourth-order valence-electron chi connectivity index (χ4n) is 2.26. The van der Waals surface area contributed by atoms with E-state index in [1.165, 1.54) is 16.7 Å². The van der Waals surface area contributed by atoms with Crippen LogP contribution >= 0.6 is 0 Å². The minimum atomic E-state index is -3.27. The zero-order valence-corrected chi connectivity index (χ0v) is 18.0. The van der Waals surface area contributed by atoms with Crippen LogP contribution in [0, 0.1) is 20.8 Å². The zero-order valence-electron chi connectivity index (χ0n) is 14.7. The van der Waals surface area contributed by atoms with Gasteiger partial charge in [-0.15, -0.1) is 0 Å². The van der Waals surface area contributed by atoms with Gasteiger partial charge in [-0.3, -0.25) is 0 Å². The molecule has 0 amide bonds. The van der Waals surface area contributed by atoms with E-state index < -0.39 is 21.0 Å². The molecule has 0 atom stereocenters. The molecule has 3 aromatic carbocycles. The van der Waals surface area contributed by atoms with Gasteiger partial charge < -0.3 is 0 Å². The van der Waals surface area contributed by atoms with Gasteiger partial charge in [-0.25, -0.2) is 0 Å². The Morgan fingerprint density at radius 1 is 0.462 bits per heavy atom. The topological polar surface area (TPSA) is 27.7 Å². The summed E-state index contributed by atoms with van der Waals surface area (Å²) >= 11 is -3.27. The van der Waals surface area contributed by atoms with E-state index >= 15 is 0 Å². The van der Waals surface area contributed by atoms with Crippen molar-refractivity contribution in [2.75, 3.05) is 0 Å². The first-order chi connectivity index (χ1) is 12.1. The molecular formula is C21H23NaO3Sn. The quantitative estimate of drug-likeness (QED) is 0.511. The summed E-state index contributed by atoms with van der Waals surface area (Å²) in [6, 6.07) is 23.9. The van der Waals surface area contributed by atoms with E-state index in [2.05, 4.69) is 20.8 Å². The van der Waals surface area contributed by atoms with Crippen molar-refractivity contribution >= 4 is 50.6 Å². The summed E-state index contributed by atoms with van der Waals surface area (Å²) in [4.78, 5) is 0. The van der Waals surface area contributed by atoms with Gasteiger partial charge >= 0.3 is 187 Å². The first-order valence-electron chi connectivity index (χ1n) is 8.28. The third kappa shape index (κ3) is 6.54. The summed E-state index contributed by atoms with van der Waals surface area (Å²) < 4.78 is 18.3. The summed E-state index contributed by atoms with van der Waals surface area (Å²) in [5.74, 6) is 2.35. The van der Waals surface area contributed by atoms with Gasteiger partial charge in [0.05, 0.1) is 0 Å². The standard InChI is InChI=1S/3C7H8O.Na.Sn.2H/c3*1-6-2-4-7(8)5-3-6;;;;/h3*2-5,8H,1H3;;;;/q;;;;+3;;/p-3. The first-order valence-corrected chi connectivity index (χ1v) is 12.3. The van der Waals surface area contributed by atoms with Gasteiger partial charge in [0.1, 0.15) is 0 Å². The summed E-state index contributed by atoms with van der Waals surface area (Å²) in [6.45, 7) is 6.16. The Labute approximate surface area is 186 Å². The van der Waals surface area contributed by atoms with Crippen molar-refractivity contribution in [1.82, 2.24) is 0 Å². The molecule has 130 valence electrons. The molecule has 0 saturated heterocycles. The Bertz CT molecular complexity index is 689. The van der Waals surface area contributed by atoms with Crippen LogP contribution in [0.2, 0.25) is 0 Å². The van der Waals surface area contributed by atoms with Crippen molar-refractivity contribution in [3.63, 3.8) is 0 Å². The fraction of sp³-hybridized carbons (Fsp3) is 0.143. The van der Waals surface area contributed by atoms with Crippen LogP contribution in [0.5, 0.6) is 17.2 Å². The Morgan fingerprint density at radius 2 is 0.692 bits per heavy atom. The molecule has 0 fully saturated rings. The van der Waals surface area contributed by atoms with Crippen LogP contribution in [0.3, 0.4) is 0 Å². The molecule has 0 aliphatic heterocycles. The second-order valence-corrected chi connectivity index (χ2v) is 9.75. The maximum atomic E-state index is 6.10. The van der Waals surface area contributed by atoms with Crippen LogP contribution < -0.4 is 9.22 Å². The number of aryl methyl sites for hydroxylation is 3. The van der Waals surface area contributed by atoms with E-state index in [9.17, 15) is 0 Å². The van der Waals surface area contributed by atoms with Crippen LogP contribution in [0.25, 0.3) is 0 Å². The first kappa shape index (κ1) is 21.2. The van der Waals surface area contributed by atoms with Crippen molar-refractivity contribution in [2.45, 2.75) is 20.8 Å². The molecule has 0 heterocycles. The van der Waals surface area contributed by atoms with Crippen LogP contribution in [0.1, 0.15) is 16.7 Å². The van der Waals surface area contributed by atoms with Crippen molar-refractivity contribution in [2.24, 2.45) is 0 Å². The average Bonchev–Trinajstić information content (AvgIpc) is 2.61. The van der Waals surface area contributed by atoms with Crippen LogP contribution in [0.4, 0.5) is 0 Å². The zero-order chi connectivity index (χ0) is 17.6. The molecule has 0 radical (unpaired) electrons. The molecule has 0 aliphatic carbocycles. The van der Waals surface area contributed by atoms with E-state index in [1.807, 2.05) is 72.8 Å². The van der Waals surface area contributed by atoms with E-state index in [0.717, 1.165) is 17.2 Å².